The first-order valence-electron chi connectivity index (χ1n) is 6.78. The Balaban J connectivity index is 1.77. The molecule has 0 unspecified atom stereocenters. The molecule has 0 amide bonds. The van der Waals surface area contributed by atoms with Crippen LogP contribution in [0.25, 0.3) is 0 Å². The molecular formula is C14H19N3O. The van der Waals surface area contributed by atoms with Crippen molar-refractivity contribution in [2.45, 2.75) is 38.6 Å². The molecule has 0 N–H and O–H groups in total. The van der Waals surface area contributed by atoms with E-state index in [4.69, 9.17) is 9.72 Å². The highest BCUT2D eigenvalue weighted by Gasteiger charge is 2.38. The summed E-state index contributed by atoms with van der Waals surface area (Å²) in [6, 6.07) is 3.50. The monoisotopic (exact) mass is 245 g/mol. The van der Waals surface area contributed by atoms with E-state index in [-0.39, 0.29) is 0 Å². The number of fused-ring (bicyclic) bond motifs is 4. The molecular weight excluding hydrogens is 226 g/mol. The molecule has 3 aliphatic rings. The van der Waals surface area contributed by atoms with Crippen LogP contribution in [0.1, 0.15) is 23.7 Å². The van der Waals surface area contributed by atoms with Gasteiger partial charge in [0.05, 0.1) is 18.9 Å². The van der Waals surface area contributed by atoms with Crippen LogP contribution in [0.5, 0.6) is 0 Å². The Hall–Kier alpha value is -1.13. The van der Waals surface area contributed by atoms with Crippen molar-refractivity contribution in [3.8, 4) is 0 Å². The molecule has 0 aromatic carbocycles. The van der Waals surface area contributed by atoms with Crippen LogP contribution in [0, 0.1) is 0 Å². The van der Waals surface area contributed by atoms with Gasteiger partial charge in [-0.25, -0.2) is 4.98 Å². The number of hydrogen-bond donors (Lipinski definition) is 0. The Labute approximate surface area is 108 Å². The number of nitrogens with zero attached hydrogens (tertiary/aromatic N) is 3. The first-order chi connectivity index (χ1) is 8.72. The van der Waals surface area contributed by atoms with Crippen molar-refractivity contribution < 1.29 is 4.74 Å². The van der Waals surface area contributed by atoms with Crippen LogP contribution < -0.4 is 4.90 Å². The molecule has 1 fully saturated rings. The molecule has 0 radical (unpaired) electrons. The quantitative estimate of drug-likeness (QED) is 0.686. The molecule has 0 bridgehead atoms. The predicted octanol–water partition coefficient (Wildman–Crippen LogP) is 1.18. The predicted molar refractivity (Wildman–Crippen MR) is 69.7 cm³/mol. The van der Waals surface area contributed by atoms with Gasteiger partial charge >= 0.3 is 0 Å². The lowest BCUT2D eigenvalue weighted by atomic mass is 10.1. The number of aromatic nitrogens is 1. The number of rotatable bonds is 0. The van der Waals surface area contributed by atoms with E-state index in [0.717, 1.165) is 31.8 Å². The topological polar surface area (TPSA) is 28.6 Å². The minimum Gasteiger partial charge on any atom is -0.370 e. The van der Waals surface area contributed by atoms with Gasteiger partial charge in [-0.3, -0.25) is 0 Å². The molecule has 0 aliphatic carbocycles. The van der Waals surface area contributed by atoms with Crippen LogP contribution in [-0.4, -0.2) is 42.1 Å². The van der Waals surface area contributed by atoms with Crippen LogP contribution in [0.15, 0.2) is 6.07 Å². The second kappa shape index (κ2) is 3.68. The van der Waals surface area contributed by atoms with Gasteiger partial charge in [-0.1, -0.05) is 0 Å². The molecule has 3 aliphatic heterocycles. The fourth-order valence-electron chi connectivity index (χ4n) is 3.73. The van der Waals surface area contributed by atoms with Crippen LogP contribution in [0.2, 0.25) is 0 Å². The van der Waals surface area contributed by atoms with Crippen molar-refractivity contribution in [3.63, 3.8) is 0 Å². The molecule has 4 rings (SSSR count). The summed E-state index contributed by atoms with van der Waals surface area (Å²) < 4.78 is 5.48. The van der Waals surface area contributed by atoms with Crippen molar-refractivity contribution >= 4 is 5.82 Å². The summed E-state index contributed by atoms with van der Waals surface area (Å²) in [6.07, 6.45) is 1.14. The summed E-state index contributed by atoms with van der Waals surface area (Å²) in [5.41, 5.74) is 3.88. The van der Waals surface area contributed by atoms with Crippen LogP contribution >= 0.6 is 0 Å². The first-order valence-corrected chi connectivity index (χ1v) is 6.78. The Morgan fingerprint density at radius 1 is 1.28 bits per heavy atom. The molecule has 1 aromatic rings. The van der Waals surface area contributed by atoms with Gasteiger partial charge in [-0.15, -0.1) is 0 Å². The van der Waals surface area contributed by atoms with Crippen LogP contribution in [-0.2, 0) is 24.4 Å². The highest BCUT2D eigenvalue weighted by Crippen LogP contribution is 2.37. The summed E-state index contributed by atoms with van der Waals surface area (Å²) >= 11 is 0. The highest BCUT2D eigenvalue weighted by atomic mass is 16.5. The zero-order valence-corrected chi connectivity index (χ0v) is 11.0. The molecule has 2 atom stereocenters. The minimum atomic E-state index is 0.558. The minimum absolute atomic E-state index is 0.558. The highest BCUT2D eigenvalue weighted by molar-refractivity contribution is 5.57. The van der Waals surface area contributed by atoms with Gasteiger partial charge in [0.2, 0.25) is 0 Å². The van der Waals surface area contributed by atoms with Gasteiger partial charge in [0, 0.05) is 30.7 Å². The first kappa shape index (κ1) is 10.8. The normalized spacial score (nSPS) is 30.2. The van der Waals surface area contributed by atoms with Gasteiger partial charge in [0.15, 0.2) is 0 Å². The van der Waals surface area contributed by atoms with Crippen molar-refractivity contribution in [1.82, 2.24) is 9.88 Å². The number of anilines is 1. The number of likely N-dealkylation sites (N-methyl/N-ethyl adjacent to an activating group) is 1. The Morgan fingerprint density at radius 3 is 3.06 bits per heavy atom. The lowest BCUT2D eigenvalue weighted by Crippen LogP contribution is -2.55. The summed E-state index contributed by atoms with van der Waals surface area (Å²) in [6.45, 7) is 6.03. The van der Waals surface area contributed by atoms with E-state index in [0.29, 0.717) is 18.7 Å². The smallest absolute Gasteiger partial charge is 0.132 e. The molecule has 0 saturated carbocycles. The number of ether oxygens (including phenoxy) is 1. The summed E-state index contributed by atoms with van der Waals surface area (Å²) in [7, 11) is 2.22. The van der Waals surface area contributed by atoms with Crippen LogP contribution in [0.4, 0.5) is 5.82 Å². The summed E-state index contributed by atoms with van der Waals surface area (Å²) in [5, 5.41) is 0. The largest absolute Gasteiger partial charge is 0.370 e. The third-order valence-corrected chi connectivity index (χ3v) is 4.41. The molecule has 1 aromatic heterocycles. The number of pyridine rings is 1. The van der Waals surface area contributed by atoms with E-state index < -0.39 is 0 Å². The Morgan fingerprint density at radius 2 is 2.17 bits per heavy atom. The fourth-order valence-corrected chi connectivity index (χ4v) is 3.73. The van der Waals surface area contributed by atoms with E-state index in [2.05, 4.69) is 29.8 Å². The van der Waals surface area contributed by atoms with Gasteiger partial charge < -0.3 is 14.5 Å². The molecule has 0 spiro atoms. The van der Waals surface area contributed by atoms with E-state index in [1.165, 1.54) is 16.9 Å². The van der Waals surface area contributed by atoms with E-state index in [1.807, 2.05) is 0 Å². The Bertz CT molecular complexity index is 502. The second-order valence-corrected chi connectivity index (χ2v) is 5.91. The van der Waals surface area contributed by atoms with Gasteiger partial charge in [0.1, 0.15) is 5.82 Å². The second-order valence-electron chi connectivity index (χ2n) is 5.91. The zero-order chi connectivity index (χ0) is 12.3. The lowest BCUT2D eigenvalue weighted by molar-refractivity contribution is 0.133. The van der Waals surface area contributed by atoms with Gasteiger partial charge in [0.25, 0.3) is 0 Å². The van der Waals surface area contributed by atoms with E-state index in [9.17, 15) is 0 Å². The fraction of sp³-hybridized carbons (Fsp3) is 0.643. The molecule has 18 heavy (non-hydrogen) atoms. The molecule has 1 saturated heterocycles. The average Bonchev–Trinajstić information content (AvgIpc) is 2.87. The third kappa shape index (κ3) is 1.42. The molecule has 4 heteroatoms. The van der Waals surface area contributed by atoms with E-state index in [1.54, 1.807) is 0 Å². The maximum Gasteiger partial charge on any atom is 0.132 e. The number of piperazine rings is 1. The van der Waals surface area contributed by atoms with E-state index >= 15 is 0 Å². The molecule has 4 heterocycles. The van der Waals surface area contributed by atoms with Crippen molar-refractivity contribution in [2.75, 3.05) is 25.0 Å². The average molecular weight is 245 g/mol. The SMILES string of the molecule is C[C@H]1CN(C)C[C@H]2Cc3cc4c(nc3N21)COC4. The maximum atomic E-state index is 5.48. The van der Waals surface area contributed by atoms with Gasteiger partial charge in [-0.05, 0) is 32.0 Å². The standard InChI is InChI=1S/C14H19N3O/c1-9-5-16(2)6-12-4-10-3-11-7-18-8-13(11)15-14(10)17(9)12/h3,9,12H,4-8H2,1-2H3/t9-,12+/m0/s1. The zero-order valence-electron chi connectivity index (χ0n) is 11.0. The summed E-state index contributed by atoms with van der Waals surface area (Å²) in [4.78, 5) is 9.85. The third-order valence-electron chi connectivity index (χ3n) is 4.41. The van der Waals surface area contributed by atoms with Crippen molar-refractivity contribution in [1.29, 1.82) is 0 Å². The summed E-state index contributed by atoms with van der Waals surface area (Å²) in [5.74, 6) is 1.23. The van der Waals surface area contributed by atoms with Gasteiger partial charge in [-0.2, -0.15) is 0 Å². The van der Waals surface area contributed by atoms with Crippen molar-refractivity contribution in [2.24, 2.45) is 0 Å². The lowest BCUT2D eigenvalue weighted by Gasteiger charge is -2.41. The van der Waals surface area contributed by atoms with Crippen molar-refractivity contribution in [3.05, 3.63) is 22.9 Å². The van der Waals surface area contributed by atoms with Crippen LogP contribution in [0.3, 0.4) is 0 Å². The Kier molecular flexibility index (Phi) is 2.20. The molecule has 96 valence electrons. The molecule has 4 nitrogen and oxygen atoms in total. The number of hydrogen-bond acceptors (Lipinski definition) is 4. The maximum absolute atomic E-state index is 5.48.